The topological polar surface area (TPSA) is 228 Å². The maximum absolute atomic E-state index is 11.9. The Hall–Kier alpha value is -1.97. The number of nitrogens with one attached hydrogen (secondary N) is 1. The molecule has 0 bridgehead atoms. The van der Waals surface area contributed by atoms with Crippen LogP contribution in [-0.2, 0) is 18.6 Å². The van der Waals surface area contributed by atoms with Gasteiger partial charge in [-0.05, 0) is 31.2 Å². The third-order valence-electron chi connectivity index (χ3n) is 5.45. The molecular weight excluding hydrogens is 645 g/mol. The summed E-state index contributed by atoms with van der Waals surface area (Å²) in [7, 11) is -9.44. The van der Waals surface area contributed by atoms with Crippen LogP contribution in [0.1, 0.15) is 18.4 Å². The van der Waals surface area contributed by atoms with Crippen LogP contribution in [0, 0.1) is 0 Å². The van der Waals surface area contributed by atoms with Gasteiger partial charge in [0, 0.05) is 44.4 Å². The average Bonchev–Trinajstić information content (AvgIpc) is 2.91. The molecule has 20 heteroatoms. The summed E-state index contributed by atoms with van der Waals surface area (Å²) < 4.78 is 38.4. The van der Waals surface area contributed by atoms with E-state index in [1.807, 2.05) is 0 Å². The molecule has 0 radical (unpaired) electrons. The highest BCUT2D eigenvalue weighted by Crippen LogP contribution is 2.68. The summed E-state index contributed by atoms with van der Waals surface area (Å²) in [5.41, 5.74) is 2.76. The first kappa shape index (κ1) is 38.1. The summed E-state index contributed by atoms with van der Waals surface area (Å²) >= 11 is 11.3. The average molecular weight is 681 g/mol. The predicted molar refractivity (Wildman–Crippen MR) is 154 cm³/mol. The Morgan fingerprint density at radius 1 is 1.00 bits per heavy atom. The molecule has 0 saturated carbocycles. The lowest BCUT2D eigenvalue weighted by molar-refractivity contribution is 0.0753. The van der Waals surface area contributed by atoms with E-state index in [4.69, 9.17) is 37.4 Å². The SMILES string of the molecule is CN(CCCOc1cccc(/C=N/NC(=O)OCCOC(=O)N(CCCl)CCCl)c1)CCC(O)(P(=O)(O)O)P(=O)(O)O. The summed E-state index contributed by atoms with van der Waals surface area (Å²) in [5.74, 6) is 0.931. The minimum atomic E-state index is -5.50. The van der Waals surface area contributed by atoms with E-state index >= 15 is 0 Å². The molecule has 0 fully saturated rings. The van der Waals surface area contributed by atoms with E-state index in [-0.39, 0.29) is 51.2 Å². The van der Waals surface area contributed by atoms with Gasteiger partial charge in [0.15, 0.2) is 0 Å². The van der Waals surface area contributed by atoms with E-state index in [9.17, 15) is 43.4 Å². The second kappa shape index (κ2) is 18.6. The number of carbonyl (C=O) groups excluding carboxylic acids is 2. The van der Waals surface area contributed by atoms with Crippen LogP contribution in [0.5, 0.6) is 5.75 Å². The molecule has 0 aliphatic carbocycles. The number of carbonyl (C=O) groups is 2. The highest BCUT2D eigenvalue weighted by molar-refractivity contribution is 7.72. The van der Waals surface area contributed by atoms with Gasteiger partial charge in [0.1, 0.15) is 19.0 Å². The van der Waals surface area contributed by atoms with Crippen LogP contribution in [0.25, 0.3) is 0 Å². The lowest BCUT2D eigenvalue weighted by Crippen LogP contribution is -2.35. The first-order valence-corrected chi connectivity index (χ1v) is 16.7. The number of hydrogen-bond acceptors (Lipinski definition) is 10. The van der Waals surface area contributed by atoms with E-state index < -0.39 is 38.9 Å². The summed E-state index contributed by atoms with van der Waals surface area (Å²) in [6.45, 7) is 0.547. The van der Waals surface area contributed by atoms with E-state index in [1.165, 1.54) is 16.0 Å². The molecule has 0 spiro atoms. The highest BCUT2D eigenvalue weighted by atomic mass is 35.5. The van der Waals surface area contributed by atoms with Crippen LogP contribution in [0.2, 0.25) is 0 Å². The van der Waals surface area contributed by atoms with Gasteiger partial charge in [0.2, 0.25) is 0 Å². The molecule has 0 aromatic heterocycles. The van der Waals surface area contributed by atoms with Crippen LogP contribution in [-0.4, -0.2) is 123 Å². The van der Waals surface area contributed by atoms with E-state index in [0.717, 1.165) is 0 Å². The number of rotatable bonds is 19. The maximum Gasteiger partial charge on any atom is 0.427 e. The van der Waals surface area contributed by atoms with Crippen molar-refractivity contribution in [1.29, 1.82) is 0 Å². The summed E-state index contributed by atoms with van der Waals surface area (Å²) in [4.78, 5) is 63.3. The molecule has 1 aromatic carbocycles. The molecule has 0 unspecified atom stereocenters. The van der Waals surface area contributed by atoms with E-state index in [0.29, 0.717) is 24.3 Å². The predicted octanol–water partition coefficient (Wildman–Crippen LogP) is 1.76. The Kier molecular flexibility index (Phi) is 16.9. The van der Waals surface area contributed by atoms with Gasteiger partial charge in [0.05, 0.1) is 12.8 Å². The zero-order valence-corrected chi connectivity index (χ0v) is 26.1. The fourth-order valence-electron chi connectivity index (χ4n) is 3.17. The third kappa shape index (κ3) is 13.6. The lowest BCUT2D eigenvalue weighted by atomic mass is 10.2. The second-order valence-electron chi connectivity index (χ2n) is 8.68. The fraction of sp³-hybridized carbons (Fsp3) is 0.591. The van der Waals surface area contributed by atoms with Crippen LogP contribution in [0.15, 0.2) is 29.4 Å². The van der Waals surface area contributed by atoms with Gasteiger partial charge in [-0.2, -0.15) is 5.10 Å². The van der Waals surface area contributed by atoms with Crippen LogP contribution < -0.4 is 10.2 Å². The van der Waals surface area contributed by atoms with Crippen LogP contribution >= 0.6 is 38.4 Å². The minimum absolute atomic E-state index is 0.171. The van der Waals surface area contributed by atoms with Crippen LogP contribution in [0.4, 0.5) is 9.59 Å². The molecule has 42 heavy (non-hydrogen) atoms. The molecular formula is C22H36Cl2N4O12P2. The minimum Gasteiger partial charge on any atom is -0.494 e. The first-order chi connectivity index (χ1) is 19.6. The zero-order chi connectivity index (χ0) is 31.8. The van der Waals surface area contributed by atoms with Crippen LogP contribution in [0.3, 0.4) is 0 Å². The number of halogens is 2. The number of amides is 2. The van der Waals surface area contributed by atoms with Crippen molar-refractivity contribution < 1.29 is 57.6 Å². The van der Waals surface area contributed by atoms with Gasteiger partial charge in [-0.1, -0.05) is 12.1 Å². The Bertz CT molecular complexity index is 1090. The molecule has 0 aliphatic rings. The molecule has 6 N–H and O–H groups in total. The number of alkyl halides is 2. The first-order valence-electron chi connectivity index (χ1n) is 12.4. The third-order valence-corrected chi connectivity index (χ3v) is 9.67. The molecule has 240 valence electrons. The lowest BCUT2D eigenvalue weighted by Gasteiger charge is -2.30. The van der Waals surface area contributed by atoms with Crippen molar-refractivity contribution in [3.05, 3.63) is 29.8 Å². The molecule has 1 aromatic rings. The number of ether oxygens (including phenoxy) is 3. The van der Waals surface area contributed by atoms with Crippen molar-refractivity contribution in [2.45, 2.75) is 17.9 Å². The Balaban J connectivity index is 2.39. The smallest absolute Gasteiger partial charge is 0.427 e. The summed E-state index contributed by atoms with van der Waals surface area (Å²) in [5, 5.41) is 10.3. The zero-order valence-electron chi connectivity index (χ0n) is 22.8. The van der Waals surface area contributed by atoms with Gasteiger partial charge < -0.3 is 48.7 Å². The number of aliphatic hydroxyl groups is 1. The van der Waals surface area contributed by atoms with Crippen molar-refractivity contribution in [3.8, 4) is 5.75 Å². The molecule has 2 amide bonds. The van der Waals surface area contributed by atoms with Crippen molar-refractivity contribution in [2.24, 2.45) is 5.10 Å². The monoisotopic (exact) mass is 680 g/mol. The van der Waals surface area contributed by atoms with Gasteiger partial charge in [-0.3, -0.25) is 9.13 Å². The van der Waals surface area contributed by atoms with Crippen molar-refractivity contribution in [2.75, 3.05) is 64.8 Å². The molecule has 0 saturated heterocycles. The maximum atomic E-state index is 11.9. The van der Waals surface area contributed by atoms with Crippen molar-refractivity contribution >= 4 is 56.8 Å². The van der Waals surface area contributed by atoms with E-state index in [1.54, 1.807) is 31.3 Å². The fourth-order valence-corrected chi connectivity index (χ4v) is 5.72. The number of hydrazone groups is 1. The van der Waals surface area contributed by atoms with Gasteiger partial charge >= 0.3 is 27.4 Å². The standard InChI is InChI=1S/C22H36Cl2N4O12P2/c1-27(10-6-22(31,41(32,33)34)42(35,36)37)9-3-13-38-19-5-2-4-18(16-19)17-25-26-20(29)39-14-15-40-21(30)28(11-7-23)12-8-24/h2,4-5,16-17,31H,3,6-15H2,1H3,(H,26,29)(H2,32,33,34)(H2,35,36,37)/b25-17+. The van der Waals surface area contributed by atoms with E-state index in [2.05, 4.69) is 10.5 Å². The summed E-state index contributed by atoms with van der Waals surface area (Å²) in [6, 6.07) is 6.73. The van der Waals surface area contributed by atoms with Gasteiger partial charge in [-0.25, -0.2) is 15.0 Å². The quantitative estimate of drug-likeness (QED) is 0.0403. The number of nitrogens with zero attached hydrogens (tertiary/aromatic N) is 3. The number of benzene rings is 1. The molecule has 0 heterocycles. The molecule has 0 atom stereocenters. The Labute approximate surface area is 252 Å². The van der Waals surface area contributed by atoms with Gasteiger partial charge in [-0.15, -0.1) is 23.2 Å². The molecule has 1 rings (SSSR count). The van der Waals surface area contributed by atoms with Crippen molar-refractivity contribution in [1.82, 2.24) is 15.2 Å². The summed E-state index contributed by atoms with van der Waals surface area (Å²) in [6.07, 6.45) is -0.530. The normalized spacial score (nSPS) is 12.4. The largest absolute Gasteiger partial charge is 0.494 e. The molecule has 16 nitrogen and oxygen atoms in total. The highest BCUT2D eigenvalue weighted by Gasteiger charge is 2.58. The van der Waals surface area contributed by atoms with Crippen molar-refractivity contribution in [3.63, 3.8) is 0 Å². The Morgan fingerprint density at radius 2 is 1.62 bits per heavy atom. The number of hydrogen-bond donors (Lipinski definition) is 6. The molecule has 0 aliphatic heterocycles. The Morgan fingerprint density at radius 3 is 2.21 bits per heavy atom. The second-order valence-corrected chi connectivity index (χ2v) is 13.4. The van der Waals surface area contributed by atoms with Gasteiger partial charge in [0.25, 0.3) is 5.08 Å².